The number of amides is 1. The summed E-state index contributed by atoms with van der Waals surface area (Å²) in [6, 6.07) is 7.61. The number of carbonyl (C=O) groups is 1. The van der Waals surface area contributed by atoms with Crippen LogP contribution in [0.5, 0.6) is 0 Å². The number of aliphatic imine (C=N–C) groups is 1. The lowest BCUT2D eigenvalue weighted by atomic mass is 10.1. The third-order valence-corrected chi connectivity index (χ3v) is 5.21. The molecule has 7 nitrogen and oxygen atoms in total. The molecular formula is C20H27ClIN5O2. The minimum atomic E-state index is 0. The van der Waals surface area contributed by atoms with E-state index in [4.69, 9.17) is 16.1 Å². The molecule has 2 heterocycles. The lowest BCUT2D eigenvalue weighted by molar-refractivity contribution is -0.135. The Balaban J connectivity index is 0.00000300. The number of hydrogen-bond acceptors (Lipinski definition) is 4. The highest BCUT2D eigenvalue weighted by Crippen LogP contribution is 2.14. The minimum absolute atomic E-state index is 0. The maximum atomic E-state index is 12.6. The van der Waals surface area contributed by atoms with Crippen molar-refractivity contribution in [2.75, 3.05) is 33.2 Å². The summed E-state index contributed by atoms with van der Waals surface area (Å²) in [6.45, 7) is 6.88. The largest absolute Gasteiger partial charge is 0.361 e. The van der Waals surface area contributed by atoms with Crippen LogP contribution in [0.2, 0.25) is 5.02 Å². The molecule has 1 aromatic carbocycles. The van der Waals surface area contributed by atoms with E-state index in [0.29, 0.717) is 31.2 Å². The first-order chi connectivity index (χ1) is 13.5. The Hall–Kier alpha value is -1.81. The van der Waals surface area contributed by atoms with Gasteiger partial charge < -0.3 is 19.6 Å². The van der Waals surface area contributed by atoms with E-state index in [1.165, 1.54) is 0 Å². The molecule has 3 rings (SSSR count). The van der Waals surface area contributed by atoms with Crippen LogP contribution in [-0.4, -0.2) is 60.0 Å². The normalized spacial score (nSPS) is 14.8. The van der Waals surface area contributed by atoms with Gasteiger partial charge in [-0.25, -0.2) is 0 Å². The smallest absolute Gasteiger partial charge is 0.242 e. The van der Waals surface area contributed by atoms with Gasteiger partial charge in [-0.1, -0.05) is 28.9 Å². The van der Waals surface area contributed by atoms with Crippen LogP contribution >= 0.6 is 35.6 Å². The van der Waals surface area contributed by atoms with Crippen LogP contribution in [0.4, 0.5) is 0 Å². The molecule has 1 N–H and O–H groups in total. The predicted octanol–water partition coefficient (Wildman–Crippen LogP) is 3.03. The summed E-state index contributed by atoms with van der Waals surface area (Å²) in [5, 5.41) is 8.02. The van der Waals surface area contributed by atoms with Crippen molar-refractivity contribution in [1.82, 2.24) is 20.3 Å². The van der Waals surface area contributed by atoms with Crippen LogP contribution in [0.15, 0.2) is 33.8 Å². The third-order valence-electron chi connectivity index (χ3n) is 4.96. The van der Waals surface area contributed by atoms with Crippen LogP contribution in [0, 0.1) is 13.8 Å². The first-order valence-corrected chi connectivity index (χ1v) is 9.75. The summed E-state index contributed by atoms with van der Waals surface area (Å²) in [7, 11) is 1.74. The van der Waals surface area contributed by atoms with Crippen molar-refractivity contribution < 1.29 is 9.32 Å². The zero-order chi connectivity index (χ0) is 20.1. The fourth-order valence-corrected chi connectivity index (χ4v) is 3.48. The first-order valence-electron chi connectivity index (χ1n) is 9.37. The van der Waals surface area contributed by atoms with Crippen LogP contribution in [0.3, 0.4) is 0 Å². The first kappa shape index (κ1) is 23.5. The topological polar surface area (TPSA) is 74.0 Å². The molecule has 29 heavy (non-hydrogen) atoms. The number of nitrogens with one attached hydrogen (secondary N) is 1. The number of rotatable bonds is 5. The zero-order valence-corrected chi connectivity index (χ0v) is 20.0. The van der Waals surface area contributed by atoms with E-state index in [2.05, 4.69) is 15.5 Å². The van der Waals surface area contributed by atoms with Crippen LogP contribution in [-0.2, 0) is 17.8 Å². The van der Waals surface area contributed by atoms with Crippen molar-refractivity contribution in [2.24, 2.45) is 4.99 Å². The van der Waals surface area contributed by atoms with Gasteiger partial charge in [0.15, 0.2) is 5.96 Å². The number of nitrogens with zero attached hydrogens (tertiary/aromatic N) is 4. The fourth-order valence-electron chi connectivity index (χ4n) is 3.36. The number of aromatic nitrogens is 1. The van der Waals surface area contributed by atoms with Gasteiger partial charge in [0.2, 0.25) is 5.91 Å². The molecule has 1 saturated heterocycles. The molecule has 0 unspecified atom stereocenters. The second kappa shape index (κ2) is 10.8. The maximum Gasteiger partial charge on any atom is 0.242 e. The second-order valence-electron chi connectivity index (χ2n) is 6.89. The molecule has 9 heteroatoms. The minimum Gasteiger partial charge on any atom is -0.361 e. The Kier molecular flexibility index (Phi) is 8.76. The van der Waals surface area contributed by atoms with Crippen molar-refractivity contribution in [3.63, 3.8) is 0 Å². The average Bonchev–Trinajstić information content (AvgIpc) is 3.00. The van der Waals surface area contributed by atoms with Gasteiger partial charge in [-0.05, 0) is 38.0 Å². The molecule has 2 aromatic rings. The summed E-state index contributed by atoms with van der Waals surface area (Å²) in [5.74, 6) is 1.68. The van der Waals surface area contributed by atoms with E-state index in [0.717, 1.165) is 41.5 Å². The number of hydrogen-bond donors (Lipinski definition) is 1. The molecular weight excluding hydrogens is 505 g/mol. The Bertz CT molecular complexity index is 834. The van der Waals surface area contributed by atoms with E-state index < -0.39 is 0 Å². The molecule has 1 aromatic heterocycles. The van der Waals surface area contributed by atoms with Crippen molar-refractivity contribution in [3.8, 4) is 0 Å². The highest BCUT2D eigenvalue weighted by atomic mass is 127. The SMILES string of the molecule is CN=C(NCCc1c(C)noc1C)N1CCN(Cc2ccc(Cl)cc2)C(=O)C1.I. The van der Waals surface area contributed by atoms with Crippen LogP contribution < -0.4 is 5.32 Å². The highest BCUT2D eigenvalue weighted by Gasteiger charge is 2.26. The van der Waals surface area contributed by atoms with E-state index in [1.54, 1.807) is 7.05 Å². The Labute approximate surface area is 193 Å². The Morgan fingerprint density at radius 2 is 2.00 bits per heavy atom. The van der Waals surface area contributed by atoms with Gasteiger partial charge in [-0.15, -0.1) is 24.0 Å². The van der Waals surface area contributed by atoms with Crippen molar-refractivity contribution >= 4 is 47.4 Å². The van der Waals surface area contributed by atoms with E-state index in [9.17, 15) is 4.79 Å². The standard InChI is InChI=1S/C20H26ClN5O2.HI/c1-14-18(15(2)28-24-14)8-9-23-20(22-3)26-11-10-25(19(27)13-26)12-16-4-6-17(21)7-5-16;/h4-7H,8-13H2,1-3H3,(H,22,23);1H. The molecule has 0 aliphatic carbocycles. The lowest BCUT2D eigenvalue weighted by Crippen LogP contribution is -2.55. The molecule has 0 atom stereocenters. The summed E-state index contributed by atoms with van der Waals surface area (Å²) < 4.78 is 5.20. The van der Waals surface area contributed by atoms with Crippen molar-refractivity contribution in [1.29, 1.82) is 0 Å². The van der Waals surface area contributed by atoms with Crippen molar-refractivity contribution in [3.05, 3.63) is 51.9 Å². The number of guanidine groups is 1. The van der Waals surface area contributed by atoms with E-state index in [-0.39, 0.29) is 29.9 Å². The second-order valence-corrected chi connectivity index (χ2v) is 7.33. The zero-order valence-electron chi connectivity index (χ0n) is 16.9. The van der Waals surface area contributed by atoms with Crippen LogP contribution in [0.25, 0.3) is 0 Å². The molecule has 1 aliphatic rings. The Morgan fingerprint density at radius 3 is 2.59 bits per heavy atom. The fraction of sp³-hybridized carbons (Fsp3) is 0.450. The quantitative estimate of drug-likeness (QED) is 0.365. The summed E-state index contributed by atoms with van der Waals surface area (Å²) in [4.78, 5) is 20.8. The number of aryl methyl sites for hydroxylation is 2. The van der Waals surface area contributed by atoms with Gasteiger partial charge in [-0.3, -0.25) is 9.79 Å². The lowest BCUT2D eigenvalue weighted by Gasteiger charge is -2.36. The van der Waals surface area contributed by atoms with Gasteiger partial charge in [0.25, 0.3) is 0 Å². The van der Waals surface area contributed by atoms with Gasteiger partial charge in [-0.2, -0.15) is 0 Å². The van der Waals surface area contributed by atoms with E-state index in [1.807, 2.05) is 47.9 Å². The Morgan fingerprint density at radius 1 is 1.28 bits per heavy atom. The number of carbonyl (C=O) groups excluding carboxylic acids is 1. The molecule has 1 aliphatic heterocycles. The van der Waals surface area contributed by atoms with Crippen molar-refractivity contribution in [2.45, 2.75) is 26.8 Å². The molecule has 1 amide bonds. The van der Waals surface area contributed by atoms with Gasteiger partial charge >= 0.3 is 0 Å². The average molecular weight is 532 g/mol. The van der Waals surface area contributed by atoms with Gasteiger partial charge in [0, 0.05) is 43.8 Å². The molecule has 0 radical (unpaired) electrons. The molecule has 1 fully saturated rings. The summed E-state index contributed by atoms with van der Waals surface area (Å²) in [6.07, 6.45) is 0.796. The molecule has 158 valence electrons. The van der Waals surface area contributed by atoms with E-state index >= 15 is 0 Å². The van der Waals surface area contributed by atoms with Gasteiger partial charge in [0.05, 0.1) is 12.2 Å². The predicted molar refractivity (Wildman–Crippen MR) is 125 cm³/mol. The molecule has 0 saturated carbocycles. The number of piperazine rings is 1. The monoisotopic (exact) mass is 531 g/mol. The molecule has 0 bridgehead atoms. The van der Waals surface area contributed by atoms with Gasteiger partial charge in [0.1, 0.15) is 5.76 Å². The van der Waals surface area contributed by atoms with Crippen LogP contribution in [0.1, 0.15) is 22.6 Å². The highest BCUT2D eigenvalue weighted by molar-refractivity contribution is 14.0. The third kappa shape index (κ3) is 6.08. The summed E-state index contributed by atoms with van der Waals surface area (Å²) in [5.41, 5.74) is 3.11. The maximum absolute atomic E-state index is 12.6. The summed E-state index contributed by atoms with van der Waals surface area (Å²) >= 11 is 5.93. The molecule has 0 spiro atoms. The number of benzene rings is 1. The number of halogens is 2.